The maximum atomic E-state index is 6.26. The van der Waals surface area contributed by atoms with Gasteiger partial charge in [0.1, 0.15) is 0 Å². The van der Waals surface area contributed by atoms with Crippen LogP contribution in [0.4, 0.5) is 0 Å². The first-order chi connectivity index (χ1) is 7.24. The lowest BCUT2D eigenvalue weighted by Gasteiger charge is -2.23. The van der Waals surface area contributed by atoms with Crippen molar-refractivity contribution in [3.8, 4) is 0 Å². The molecule has 2 rings (SSSR count). The van der Waals surface area contributed by atoms with Crippen LogP contribution in [0.2, 0.25) is 0 Å². The fourth-order valence-electron chi connectivity index (χ4n) is 1.86. The van der Waals surface area contributed by atoms with Gasteiger partial charge in [-0.25, -0.2) is 0 Å². The number of hydrogen-bond acceptors (Lipinski definition) is 3. The molecule has 0 amide bonds. The molecule has 1 aromatic rings. The highest BCUT2D eigenvalue weighted by Crippen LogP contribution is 2.41. The first-order valence-electron chi connectivity index (χ1n) is 5.32. The number of halogens is 1. The SMILES string of the molecule is CCOC(C1CC1)C(N)c1cscc1Br. The van der Waals surface area contributed by atoms with Gasteiger partial charge in [-0.2, -0.15) is 11.3 Å². The average molecular weight is 290 g/mol. The molecule has 0 aliphatic heterocycles. The van der Waals surface area contributed by atoms with Crippen LogP contribution in [0.1, 0.15) is 31.4 Å². The molecule has 1 aliphatic rings. The summed E-state index contributed by atoms with van der Waals surface area (Å²) in [6.45, 7) is 2.78. The lowest BCUT2D eigenvalue weighted by atomic mass is 10.0. The molecule has 15 heavy (non-hydrogen) atoms. The lowest BCUT2D eigenvalue weighted by molar-refractivity contribution is 0.0282. The number of thiophene rings is 1. The van der Waals surface area contributed by atoms with E-state index in [1.807, 2.05) is 6.92 Å². The summed E-state index contributed by atoms with van der Waals surface area (Å²) in [5, 5.41) is 4.19. The molecule has 0 saturated heterocycles. The van der Waals surface area contributed by atoms with Crippen molar-refractivity contribution in [1.29, 1.82) is 0 Å². The van der Waals surface area contributed by atoms with Crippen molar-refractivity contribution in [2.24, 2.45) is 11.7 Å². The van der Waals surface area contributed by atoms with Crippen LogP contribution in [0.5, 0.6) is 0 Å². The van der Waals surface area contributed by atoms with Crippen LogP contribution in [0.15, 0.2) is 15.2 Å². The van der Waals surface area contributed by atoms with Gasteiger partial charge >= 0.3 is 0 Å². The smallest absolute Gasteiger partial charge is 0.0796 e. The summed E-state index contributed by atoms with van der Waals surface area (Å²) in [6.07, 6.45) is 2.72. The minimum absolute atomic E-state index is 0.0121. The monoisotopic (exact) mass is 289 g/mol. The summed E-state index contributed by atoms with van der Waals surface area (Å²) in [6, 6.07) is 0.0121. The molecule has 4 heteroatoms. The molecule has 1 heterocycles. The van der Waals surface area contributed by atoms with Gasteiger partial charge in [-0.05, 0) is 52.6 Å². The second-order valence-corrected chi connectivity index (χ2v) is 5.56. The molecular weight excluding hydrogens is 274 g/mol. The van der Waals surface area contributed by atoms with Crippen molar-refractivity contribution in [2.45, 2.75) is 31.9 Å². The van der Waals surface area contributed by atoms with Crippen LogP contribution in [0.25, 0.3) is 0 Å². The van der Waals surface area contributed by atoms with Gasteiger partial charge in [0.2, 0.25) is 0 Å². The van der Waals surface area contributed by atoms with Crippen molar-refractivity contribution in [3.05, 3.63) is 20.8 Å². The molecule has 0 spiro atoms. The Bertz CT molecular complexity index is 324. The Morgan fingerprint density at radius 3 is 2.80 bits per heavy atom. The van der Waals surface area contributed by atoms with Gasteiger partial charge < -0.3 is 10.5 Å². The summed E-state index contributed by atoms with van der Waals surface area (Å²) in [7, 11) is 0. The summed E-state index contributed by atoms with van der Waals surface area (Å²) in [4.78, 5) is 0. The zero-order valence-corrected chi connectivity index (χ0v) is 11.2. The van der Waals surface area contributed by atoms with E-state index in [0.717, 1.165) is 11.1 Å². The highest BCUT2D eigenvalue weighted by atomic mass is 79.9. The third-order valence-corrected chi connectivity index (χ3v) is 4.55. The van der Waals surface area contributed by atoms with Crippen LogP contribution in [0.3, 0.4) is 0 Å². The summed E-state index contributed by atoms with van der Waals surface area (Å²) in [5.74, 6) is 0.673. The predicted molar refractivity (Wildman–Crippen MR) is 67.1 cm³/mol. The standard InChI is InChI=1S/C11H16BrNOS/c1-2-14-11(7-3-4-7)10(13)8-5-15-6-9(8)12/h5-7,10-11H,2-4,13H2,1H3. The van der Waals surface area contributed by atoms with E-state index >= 15 is 0 Å². The van der Waals surface area contributed by atoms with Gasteiger partial charge in [0.05, 0.1) is 12.1 Å². The highest BCUT2D eigenvalue weighted by molar-refractivity contribution is 9.10. The molecule has 2 unspecified atom stereocenters. The van der Waals surface area contributed by atoms with Gasteiger partial charge in [0.15, 0.2) is 0 Å². The van der Waals surface area contributed by atoms with E-state index in [2.05, 4.69) is 26.7 Å². The molecule has 0 radical (unpaired) electrons. The summed E-state index contributed by atoms with van der Waals surface area (Å²) < 4.78 is 6.88. The van der Waals surface area contributed by atoms with Gasteiger partial charge in [-0.1, -0.05) is 0 Å². The number of nitrogens with two attached hydrogens (primary N) is 1. The third kappa shape index (κ3) is 2.61. The van der Waals surface area contributed by atoms with Gasteiger partial charge in [0, 0.05) is 16.5 Å². The molecule has 2 nitrogen and oxygen atoms in total. The second kappa shape index (κ2) is 4.95. The minimum atomic E-state index is 0.0121. The topological polar surface area (TPSA) is 35.2 Å². The normalized spacial score (nSPS) is 20.2. The Balaban J connectivity index is 2.10. The van der Waals surface area contributed by atoms with Crippen molar-refractivity contribution in [2.75, 3.05) is 6.61 Å². The Morgan fingerprint density at radius 1 is 1.60 bits per heavy atom. The Kier molecular flexibility index (Phi) is 3.83. The molecule has 0 bridgehead atoms. The van der Waals surface area contributed by atoms with Gasteiger partial charge in [-0.15, -0.1) is 0 Å². The van der Waals surface area contributed by atoms with Crippen molar-refractivity contribution in [1.82, 2.24) is 0 Å². The molecule has 1 fully saturated rings. The number of ether oxygens (including phenoxy) is 1. The van der Waals surface area contributed by atoms with Crippen LogP contribution in [0, 0.1) is 5.92 Å². The van der Waals surface area contributed by atoms with Crippen molar-refractivity contribution >= 4 is 27.3 Å². The fourth-order valence-corrected chi connectivity index (χ4v) is 3.46. The second-order valence-electron chi connectivity index (χ2n) is 3.96. The number of hydrogen-bond donors (Lipinski definition) is 1. The van der Waals surface area contributed by atoms with Crippen LogP contribution in [-0.4, -0.2) is 12.7 Å². The lowest BCUT2D eigenvalue weighted by Crippen LogP contribution is -2.30. The van der Waals surface area contributed by atoms with E-state index < -0.39 is 0 Å². The first kappa shape index (κ1) is 11.6. The van der Waals surface area contributed by atoms with Crippen LogP contribution >= 0.6 is 27.3 Å². The van der Waals surface area contributed by atoms with Crippen molar-refractivity contribution in [3.63, 3.8) is 0 Å². The molecule has 1 aliphatic carbocycles. The van der Waals surface area contributed by atoms with Crippen LogP contribution in [-0.2, 0) is 4.74 Å². The molecule has 1 saturated carbocycles. The Labute approximate surface area is 103 Å². The van der Waals surface area contributed by atoms with E-state index in [1.54, 1.807) is 11.3 Å². The zero-order chi connectivity index (χ0) is 10.8. The minimum Gasteiger partial charge on any atom is -0.376 e. The molecule has 84 valence electrons. The first-order valence-corrected chi connectivity index (χ1v) is 7.06. The Morgan fingerprint density at radius 2 is 2.33 bits per heavy atom. The quantitative estimate of drug-likeness (QED) is 0.902. The van der Waals surface area contributed by atoms with E-state index in [9.17, 15) is 0 Å². The maximum absolute atomic E-state index is 6.26. The fraction of sp³-hybridized carbons (Fsp3) is 0.636. The van der Waals surface area contributed by atoms with Gasteiger partial charge in [0.25, 0.3) is 0 Å². The zero-order valence-electron chi connectivity index (χ0n) is 8.78. The average Bonchev–Trinajstić information content (AvgIpc) is 2.97. The van der Waals surface area contributed by atoms with E-state index in [1.165, 1.54) is 18.4 Å². The van der Waals surface area contributed by atoms with Crippen LogP contribution < -0.4 is 5.73 Å². The summed E-state index contributed by atoms with van der Waals surface area (Å²) in [5.41, 5.74) is 7.45. The van der Waals surface area contributed by atoms with E-state index in [4.69, 9.17) is 10.5 Å². The Hall–Kier alpha value is 0.100. The molecule has 1 aromatic heterocycles. The van der Waals surface area contributed by atoms with Crippen molar-refractivity contribution < 1.29 is 4.74 Å². The molecule has 0 aromatic carbocycles. The molecular formula is C11H16BrNOS. The predicted octanol–water partition coefficient (Wildman–Crippen LogP) is 3.33. The largest absolute Gasteiger partial charge is 0.376 e. The highest BCUT2D eigenvalue weighted by Gasteiger charge is 2.37. The number of rotatable bonds is 5. The maximum Gasteiger partial charge on any atom is 0.0796 e. The van der Waals surface area contributed by atoms with E-state index in [-0.39, 0.29) is 12.1 Å². The summed E-state index contributed by atoms with van der Waals surface area (Å²) >= 11 is 5.21. The van der Waals surface area contributed by atoms with E-state index in [0.29, 0.717) is 5.92 Å². The van der Waals surface area contributed by atoms with Gasteiger partial charge in [-0.3, -0.25) is 0 Å². The molecule has 2 atom stereocenters. The molecule has 2 N–H and O–H groups in total. The third-order valence-electron chi connectivity index (χ3n) is 2.80.